The van der Waals surface area contributed by atoms with Crippen LogP contribution in [0, 0.1) is 0 Å². The largest absolute Gasteiger partial charge is 0.465 e. The summed E-state index contributed by atoms with van der Waals surface area (Å²) in [5.41, 5.74) is 2.22. The standard InChI is InChI=1S/C14H25N3O2/c1-5-11-9-12(6-2)17(16-11)10-13(15-7-3)14(18)19-8-4/h9,13,15H,5-8,10H2,1-4H3. The maximum Gasteiger partial charge on any atom is 0.325 e. The van der Waals surface area contributed by atoms with Crippen molar-refractivity contribution in [2.75, 3.05) is 13.2 Å². The van der Waals surface area contributed by atoms with E-state index in [0.29, 0.717) is 13.2 Å². The number of carbonyl (C=O) groups is 1. The number of nitrogens with one attached hydrogen (secondary N) is 1. The Morgan fingerprint density at radius 2 is 2.11 bits per heavy atom. The summed E-state index contributed by atoms with van der Waals surface area (Å²) in [7, 11) is 0. The van der Waals surface area contributed by atoms with E-state index in [-0.39, 0.29) is 12.0 Å². The number of rotatable bonds is 8. The zero-order valence-corrected chi connectivity index (χ0v) is 12.4. The first-order valence-electron chi connectivity index (χ1n) is 7.11. The van der Waals surface area contributed by atoms with Crippen molar-refractivity contribution in [3.05, 3.63) is 17.5 Å². The van der Waals surface area contributed by atoms with Crippen molar-refractivity contribution in [1.29, 1.82) is 0 Å². The van der Waals surface area contributed by atoms with Crippen LogP contribution >= 0.6 is 0 Å². The number of likely N-dealkylation sites (N-methyl/N-ethyl adjacent to an activating group) is 1. The van der Waals surface area contributed by atoms with Gasteiger partial charge in [-0.3, -0.25) is 9.48 Å². The third-order valence-electron chi connectivity index (χ3n) is 3.02. The third-order valence-corrected chi connectivity index (χ3v) is 3.02. The SMILES string of the molecule is CCNC(Cn1nc(CC)cc1CC)C(=O)OCC. The lowest BCUT2D eigenvalue weighted by molar-refractivity contribution is -0.146. The van der Waals surface area contributed by atoms with E-state index < -0.39 is 0 Å². The van der Waals surface area contributed by atoms with Gasteiger partial charge in [0.15, 0.2) is 0 Å². The van der Waals surface area contributed by atoms with Crippen LogP contribution in [0.2, 0.25) is 0 Å². The second-order valence-corrected chi connectivity index (χ2v) is 4.38. The van der Waals surface area contributed by atoms with Crippen molar-refractivity contribution in [2.45, 2.75) is 53.1 Å². The number of esters is 1. The number of hydrogen-bond acceptors (Lipinski definition) is 4. The van der Waals surface area contributed by atoms with E-state index >= 15 is 0 Å². The van der Waals surface area contributed by atoms with Crippen molar-refractivity contribution in [3.63, 3.8) is 0 Å². The molecule has 1 unspecified atom stereocenters. The van der Waals surface area contributed by atoms with Crippen LogP contribution in [0.3, 0.4) is 0 Å². The molecule has 0 aliphatic rings. The number of aromatic nitrogens is 2. The Bertz CT molecular complexity index is 401. The summed E-state index contributed by atoms with van der Waals surface area (Å²) in [4.78, 5) is 11.9. The molecule has 108 valence electrons. The van der Waals surface area contributed by atoms with Gasteiger partial charge in [-0.25, -0.2) is 0 Å². The van der Waals surface area contributed by atoms with Gasteiger partial charge in [-0.15, -0.1) is 0 Å². The first-order chi connectivity index (χ1) is 9.15. The first-order valence-corrected chi connectivity index (χ1v) is 7.11. The van der Waals surface area contributed by atoms with Crippen LogP contribution in [0.25, 0.3) is 0 Å². The molecule has 1 aromatic rings. The number of carbonyl (C=O) groups excluding carboxylic acids is 1. The molecular formula is C14H25N3O2. The molecule has 0 saturated heterocycles. The summed E-state index contributed by atoms with van der Waals surface area (Å²) in [6.45, 7) is 9.64. The lowest BCUT2D eigenvalue weighted by Gasteiger charge is -2.17. The fraction of sp³-hybridized carbons (Fsp3) is 0.714. The zero-order valence-electron chi connectivity index (χ0n) is 12.4. The highest BCUT2D eigenvalue weighted by atomic mass is 16.5. The quantitative estimate of drug-likeness (QED) is 0.726. The van der Waals surface area contributed by atoms with Gasteiger partial charge in [0.05, 0.1) is 18.8 Å². The molecule has 1 heterocycles. The molecule has 1 aromatic heterocycles. The van der Waals surface area contributed by atoms with Gasteiger partial charge >= 0.3 is 5.97 Å². The molecular weight excluding hydrogens is 242 g/mol. The van der Waals surface area contributed by atoms with E-state index in [2.05, 4.69) is 30.3 Å². The Hall–Kier alpha value is -1.36. The summed E-state index contributed by atoms with van der Waals surface area (Å²) in [6.07, 6.45) is 1.82. The second kappa shape index (κ2) is 7.94. The van der Waals surface area contributed by atoms with Gasteiger partial charge in [-0.1, -0.05) is 20.8 Å². The highest BCUT2D eigenvalue weighted by molar-refractivity contribution is 5.75. The molecule has 0 aromatic carbocycles. The summed E-state index contributed by atoms with van der Waals surface area (Å²) in [5, 5.41) is 7.69. The maximum atomic E-state index is 11.9. The van der Waals surface area contributed by atoms with Gasteiger partial charge in [0.25, 0.3) is 0 Å². The molecule has 5 nitrogen and oxygen atoms in total. The molecule has 0 aliphatic carbocycles. The molecule has 19 heavy (non-hydrogen) atoms. The normalized spacial score (nSPS) is 12.4. The molecule has 0 bridgehead atoms. The number of nitrogens with zero attached hydrogens (tertiary/aromatic N) is 2. The van der Waals surface area contributed by atoms with Crippen LogP contribution in [0.5, 0.6) is 0 Å². The highest BCUT2D eigenvalue weighted by Crippen LogP contribution is 2.08. The molecule has 0 spiro atoms. The van der Waals surface area contributed by atoms with Gasteiger partial charge < -0.3 is 10.1 Å². The Morgan fingerprint density at radius 1 is 1.37 bits per heavy atom. The topological polar surface area (TPSA) is 56.2 Å². The Labute approximate surface area is 115 Å². The molecule has 0 radical (unpaired) electrons. The van der Waals surface area contributed by atoms with Crippen LogP contribution in [0.4, 0.5) is 0 Å². The molecule has 1 N–H and O–H groups in total. The summed E-state index contributed by atoms with van der Waals surface area (Å²) >= 11 is 0. The monoisotopic (exact) mass is 267 g/mol. The predicted octanol–water partition coefficient (Wildman–Crippen LogP) is 1.55. The summed E-state index contributed by atoms with van der Waals surface area (Å²) in [5.74, 6) is -0.208. The minimum absolute atomic E-state index is 0.208. The molecule has 0 amide bonds. The lowest BCUT2D eigenvalue weighted by Crippen LogP contribution is -2.41. The Balaban J connectivity index is 2.82. The molecule has 1 atom stereocenters. The van der Waals surface area contributed by atoms with Crippen molar-refractivity contribution in [2.24, 2.45) is 0 Å². The van der Waals surface area contributed by atoms with Crippen LogP contribution in [0.1, 0.15) is 39.1 Å². The van der Waals surface area contributed by atoms with Crippen molar-refractivity contribution in [1.82, 2.24) is 15.1 Å². The van der Waals surface area contributed by atoms with Crippen LogP contribution in [-0.4, -0.2) is 34.9 Å². The van der Waals surface area contributed by atoms with Gasteiger partial charge in [0, 0.05) is 5.69 Å². The average Bonchev–Trinajstić information content (AvgIpc) is 2.80. The minimum Gasteiger partial charge on any atom is -0.465 e. The molecule has 5 heteroatoms. The zero-order chi connectivity index (χ0) is 14.3. The average molecular weight is 267 g/mol. The molecule has 0 saturated carbocycles. The van der Waals surface area contributed by atoms with Gasteiger partial charge in [-0.2, -0.15) is 5.10 Å². The summed E-state index contributed by atoms with van der Waals surface area (Å²) in [6, 6.07) is 1.77. The Morgan fingerprint density at radius 3 is 2.63 bits per heavy atom. The minimum atomic E-state index is -0.333. The van der Waals surface area contributed by atoms with E-state index in [4.69, 9.17) is 4.74 Å². The smallest absolute Gasteiger partial charge is 0.325 e. The fourth-order valence-corrected chi connectivity index (χ4v) is 2.02. The van der Waals surface area contributed by atoms with Gasteiger partial charge in [0.1, 0.15) is 6.04 Å². The molecule has 0 aliphatic heterocycles. The predicted molar refractivity (Wildman–Crippen MR) is 75.1 cm³/mol. The number of aryl methyl sites for hydroxylation is 2. The maximum absolute atomic E-state index is 11.9. The fourth-order valence-electron chi connectivity index (χ4n) is 2.02. The van der Waals surface area contributed by atoms with E-state index in [9.17, 15) is 4.79 Å². The van der Waals surface area contributed by atoms with E-state index in [1.165, 1.54) is 0 Å². The third kappa shape index (κ3) is 4.35. The highest BCUT2D eigenvalue weighted by Gasteiger charge is 2.20. The van der Waals surface area contributed by atoms with Crippen molar-refractivity contribution in [3.8, 4) is 0 Å². The van der Waals surface area contributed by atoms with Gasteiger partial charge in [0.2, 0.25) is 0 Å². The second-order valence-electron chi connectivity index (χ2n) is 4.38. The van der Waals surface area contributed by atoms with E-state index in [0.717, 1.165) is 30.8 Å². The van der Waals surface area contributed by atoms with Crippen molar-refractivity contribution < 1.29 is 9.53 Å². The number of hydrogen-bond donors (Lipinski definition) is 1. The molecule has 0 fully saturated rings. The van der Waals surface area contributed by atoms with Crippen LogP contribution in [-0.2, 0) is 28.9 Å². The molecule has 1 rings (SSSR count). The Kier molecular flexibility index (Phi) is 6.56. The van der Waals surface area contributed by atoms with Crippen molar-refractivity contribution >= 4 is 5.97 Å². The van der Waals surface area contributed by atoms with Gasteiger partial charge in [-0.05, 0) is 32.4 Å². The van der Waals surface area contributed by atoms with E-state index in [1.807, 2.05) is 18.5 Å². The number of ether oxygens (including phenoxy) is 1. The van der Waals surface area contributed by atoms with Crippen LogP contribution in [0.15, 0.2) is 6.07 Å². The van der Waals surface area contributed by atoms with Crippen LogP contribution < -0.4 is 5.32 Å². The lowest BCUT2D eigenvalue weighted by atomic mass is 10.2. The van der Waals surface area contributed by atoms with E-state index in [1.54, 1.807) is 0 Å². The summed E-state index contributed by atoms with van der Waals surface area (Å²) < 4.78 is 7.01. The first kappa shape index (κ1) is 15.7.